The fraction of sp³-hybridized carbons (Fsp3) is 0.200. The fourth-order valence-corrected chi connectivity index (χ4v) is 3.54. The minimum absolute atomic E-state index is 0.122. The lowest BCUT2D eigenvalue weighted by molar-refractivity contribution is -0.110. The van der Waals surface area contributed by atoms with Crippen molar-refractivity contribution in [1.29, 1.82) is 0 Å². The third kappa shape index (κ3) is 2.53. The Labute approximate surface area is 151 Å². The third-order valence-corrected chi connectivity index (χ3v) is 4.96. The minimum Gasteiger partial charge on any atom is -0.396 e. The highest BCUT2D eigenvalue weighted by Gasteiger charge is 2.34. The zero-order valence-electron chi connectivity index (χ0n) is 14.0. The molecule has 1 aliphatic carbocycles. The van der Waals surface area contributed by atoms with E-state index in [1.807, 2.05) is 44.2 Å². The van der Waals surface area contributed by atoms with Gasteiger partial charge in [0.15, 0.2) is 0 Å². The van der Waals surface area contributed by atoms with E-state index >= 15 is 0 Å². The molecular weight excluding hydrogens is 336 g/mol. The summed E-state index contributed by atoms with van der Waals surface area (Å²) >= 11 is 6.30. The number of benzene rings is 2. The number of carbonyl (C=O) groups excluding carboxylic acids is 1. The number of fused-ring (bicyclic) bond motifs is 2. The van der Waals surface area contributed by atoms with Crippen LogP contribution >= 0.6 is 11.6 Å². The molecule has 0 fully saturated rings. The van der Waals surface area contributed by atoms with E-state index in [0.29, 0.717) is 23.6 Å². The first-order chi connectivity index (χ1) is 12.1. The molecule has 0 radical (unpaired) electrons. The molecule has 1 amide bonds. The fourth-order valence-electron chi connectivity index (χ4n) is 3.38. The summed E-state index contributed by atoms with van der Waals surface area (Å²) in [5, 5.41) is 7.89. The van der Waals surface area contributed by atoms with Crippen LogP contribution in [0.25, 0.3) is 5.57 Å². The van der Waals surface area contributed by atoms with E-state index in [0.717, 1.165) is 39.2 Å². The van der Waals surface area contributed by atoms with Crippen molar-refractivity contribution in [3.8, 4) is 0 Å². The van der Waals surface area contributed by atoms with Crippen molar-refractivity contribution in [3.63, 3.8) is 0 Å². The summed E-state index contributed by atoms with van der Waals surface area (Å²) in [7, 11) is 0. The molecule has 0 bridgehead atoms. The standard InChI is InChI=1S/C20H17ClN2O2/c1-3-25-23-19-13-7-5-4-6-12(13)9-15(19)18-14-10-16(21)11(2)8-17(14)22-20(18)24/h4-8,10H,3,9H2,1-2H3,(H,22,24)/b18-15+,23-19+. The molecule has 126 valence electrons. The van der Waals surface area contributed by atoms with Gasteiger partial charge in [-0.2, -0.15) is 0 Å². The monoisotopic (exact) mass is 352 g/mol. The third-order valence-electron chi connectivity index (χ3n) is 4.56. The maximum absolute atomic E-state index is 12.7. The van der Waals surface area contributed by atoms with Crippen LogP contribution in [0.1, 0.15) is 29.2 Å². The number of allylic oxidation sites excluding steroid dienone is 1. The Morgan fingerprint density at radius 1 is 1.24 bits per heavy atom. The van der Waals surface area contributed by atoms with E-state index in [1.54, 1.807) is 0 Å². The van der Waals surface area contributed by atoms with Gasteiger partial charge < -0.3 is 10.2 Å². The molecule has 0 aromatic heterocycles. The normalized spacial score (nSPS) is 19.8. The maximum Gasteiger partial charge on any atom is 0.256 e. The molecular formula is C20H17ClN2O2. The lowest BCUT2D eigenvalue weighted by atomic mass is 9.97. The lowest BCUT2D eigenvalue weighted by Crippen LogP contribution is -2.10. The Balaban J connectivity index is 1.94. The molecule has 2 aromatic rings. The summed E-state index contributed by atoms with van der Waals surface area (Å²) in [5.41, 5.74) is 6.95. The van der Waals surface area contributed by atoms with Gasteiger partial charge in [-0.15, -0.1) is 0 Å². The van der Waals surface area contributed by atoms with Crippen LogP contribution in [-0.4, -0.2) is 18.2 Å². The van der Waals surface area contributed by atoms with E-state index in [4.69, 9.17) is 16.4 Å². The van der Waals surface area contributed by atoms with Gasteiger partial charge in [0.2, 0.25) is 0 Å². The molecule has 0 unspecified atom stereocenters. The molecule has 1 N–H and O–H groups in total. The van der Waals surface area contributed by atoms with Gasteiger partial charge in [0.25, 0.3) is 5.91 Å². The second-order valence-electron chi connectivity index (χ2n) is 6.15. The Morgan fingerprint density at radius 2 is 2.04 bits per heavy atom. The summed E-state index contributed by atoms with van der Waals surface area (Å²) in [4.78, 5) is 18.0. The number of hydrogen-bond donors (Lipinski definition) is 1. The van der Waals surface area contributed by atoms with Crippen LogP contribution in [0.4, 0.5) is 5.69 Å². The number of carbonyl (C=O) groups is 1. The number of hydrogen-bond acceptors (Lipinski definition) is 3. The predicted molar refractivity (Wildman–Crippen MR) is 100 cm³/mol. The average molecular weight is 353 g/mol. The van der Waals surface area contributed by atoms with Crippen molar-refractivity contribution in [1.82, 2.24) is 0 Å². The summed E-state index contributed by atoms with van der Waals surface area (Å²) in [6.07, 6.45) is 0.649. The van der Waals surface area contributed by atoms with Gasteiger partial charge in [0, 0.05) is 28.3 Å². The summed E-state index contributed by atoms with van der Waals surface area (Å²) in [6.45, 7) is 4.28. The highest BCUT2D eigenvalue weighted by Crippen LogP contribution is 2.41. The van der Waals surface area contributed by atoms with E-state index < -0.39 is 0 Å². The number of aryl methyl sites for hydroxylation is 1. The lowest BCUT2D eigenvalue weighted by Gasteiger charge is -2.07. The number of anilines is 1. The zero-order chi connectivity index (χ0) is 17.6. The molecule has 2 aliphatic rings. The van der Waals surface area contributed by atoms with Gasteiger partial charge in [0.05, 0.1) is 5.57 Å². The molecule has 1 heterocycles. The van der Waals surface area contributed by atoms with Crippen LogP contribution in [-0.2, 0) is 16.1 Å². The van der Waals surface area contributed by atoms with E-state index in [-0.39, 0.29) is 5.91 Å². The first-order valence-electron chi connectivity index (χ1n) is 8.23. The second-order valence-corrected chi connectivity index (χ2v) is 6.55. The molecule has 0 atom stereocenters. The molecule has 0 spiro atoms. The van der Waals surface area contributed by atoms with Gasteiger partial charge in [-0.3, -0.25) is 4.79 Å². The van der Waals surface area contributed by atoms with Crippen LogP contribution in [0.15, 0.2) is 47.1 Å². The average Bonchev–Trinajstić information content (AvgIpc) is 3.10. The molecule has 4 nitrogen and oxygen atoms in total. The number of nitrogens with zero attached hydrogens (tertiary/aromatic N) is 1. The van der Waals surface area contributed by atoms with Crippen molar-refractivity contribution in [2.45, 2.75) is 20.3 Å². The van der Waals surface area contributed by atoms with E-state index in [2.05, 4.69) is 16.5 Å². The Morgan fingerprint density at radius 3 is 2.84 bits per heavy atom. The minimum atomic E-state index is -0.122. The Kier molecular flexibility index (Phi) is 3.85. The van der Waals surface area contributed by atoms with Crippen molar-refractivity contribution in [3.05, 3.63) is 69.2 Å². The molecule has 4 rings (SSSR count). The summed E-state index contributed by atoms with van der Waals surface area (Å²) in [5.74, 6) is -0.122. The van der Waals surface area contributed by atoms with Gasteiger partial charge >= 0.3 is 0 Å². The number of oxime groups is 1. The molecule has 0 saturated carbocycles. The van der Waals surface area contributed by atoms with Crippen LogP contribution < -0.4 is 5.32 Å². The topological polar surface area (TPSA) is 50.7 Å². The van der Waals surface area contributed by atoms with Crippen LogP contribution in [0, 0.1) is 6.92 Å². The predicted octanol–water partition coefficient (Wildman–Crippen LogP) is 4.35. The SMILES string of the molecule is CCO/N=C1/C(=C2/C(=O)Nc3cc(C)c(Cl)cc32)Cc2ccccc21. The highest BCUT2D eigenvalue weighted by atomic mass is 35.5. The van der Waals surface area contributed by atoms with E-state index in [1.165, 1.54) is 0 Å². The molecule has 2 aromatic carbocycles. The summed E-state index contributed by atoms with van der Waals surface area (Å²) < 4.78 is 0. The highest BCUT2D eigenvalue weighted by molar-refractivity contribution is 6.39. The van der Waals surface area contributed by atoms with E-state index in [9.17, 15) is 4.79 Å². The van der Waals surface area contributed by atoms with Gasteiger partial charge in [-0.25, -0.2) is 0 Å². The second kappa shape index (κ2) is 6.05. The maximum atomic E-state index is 12.7. The zero-order valence-corrected chi connectivity index (χ0v) is 14.8. The largest absolute Gasteiger partial charge is 0.396 e. The molecule has 5 heteroatoms. The Hall–Kier alpha value is -2.59. The van der Waals surface area contributed by atoms with Crippen molar-refractivity contribution in [2.24, 2.45) is 5.16 Å². The van der Waals surface area contributed by atoms with Gasteiger partial charge in [-0.05, 0) is 42.7 Å². The number of halogens is 1. The van der Waals surface area contributed by atoms with Gasteiger partial charge in [-0.1, -0.05) is 41.0 Å². The van der Waals surface area contributed by atoms with Crippen LogP contribution in [0.5, 0.6) is 0 Å². The van der Waals surface area contributed by atoms with Crippen LogP contribution in [0.3, 0.4) is 0 Å². The number of amides is 1. The number of rotatable bonds is 2. The quantitative estimate of drug-likeness (QED) is 0.645. The first kappa shape index (κ1) is 15.9. The van der Waals surface area contributed by atoms with Crippen LogP contribution in [0.2, 0.25) is 5.02 Å². The van der Waals surface area contributed by atoms with Crippen molar-refractivity contribution in [2.75, 3.05) is 11.9 Å². The number of nitrogens with one attached hydrogen (secondary N) is 1. The van der Waals surface area contributed by atoms with Crippen molar-refractivity contribution >= 4 is 34.5 Å². The Bertz CT molecular complexity index is 960. The molecule has 0 saturated heterocycles. The van der Waals surface area contributed by atoms with Crippen molar-refractivity contribution < 1.29 is 9.63 Å². The smallest absolute Gasteiger partial charge is 0.256 e. The molecule has 1 aliphatic heterocycles. The first-order valence-corrected chi connectivity index (χ1v) is 8.61. The van der Waals surface area contributed by atoms with Gasteiger partial charge in [0.1, 0.15) is 12.3 Å². The summed E-state index contributed by atoms with van der Waals surface area (Å²) in [6, 6.07) is 11.8. The molecule has 25 heavy (non-hydrogen) atoms.